The molecule has 0 radical (unpaired) electrons. The van der Waals surface area contributed by atoms with Crippen molar-refractivity contribution >= 4 is 21.2 Å². The molecular weight excluding hydrogens is 268 g/mol. The summed E-state index contributed by atoms with van der Waals surface area (Å²) in [6.45, 7) is 6.40. The number of thiophene rings is 1. The summed E-state index contributed by atoms with van der Waals surface area (Å²) in [6, 6.07) is 3.97. The van der Waals surface area contributed by atoms with Gasteiger partial charge < -0.3 is 5.11 Å². The number of hydrogen-bond donors (Lipinski definition) is 1. The summed E-state index contributed by atoms with van der Waals surface area (Å²) in [7, 11) is -2.93. The summed E-state index contributed by atoms with van der Waals surface area (Å²) in [5.41, 5.74) is 0.0738. The Bertz CT molecular complexity index is 523. The molecule has 2 heterocycles. The third kappa shape index (κ3) is 2.95. The second-order valence-electron chi connectivity index (χ2n) is 6.06. The molecule has 18 heavy (non-hydrogen) atoms. The minimum absolute atomic E-state index is 0.0738. The van der Waals surface area contributed by atoms with Crippen LogP contribution in [0.5, 0.6) is 0 Å². The van der Waals surface area contributed by atoms with E-state index in [9.17, 15) is 13.5 Å². The molecule has 3 nitrogen and oxygen atoms in total. The van der Waals surface area contributed by atoms with Crippen LogP contribution in [0.15, 0.2) is 12.1 Å². The Kier molecular flexibility index (Phi) is 3.60. The molecule has 2 unspecified atom stereocenters. The van der Waals surface area contributed by atoms with Gasteiger partial charge in [0.1, 0.15) is 0 Å². The Balaban J connectivity index is 2.15. The zero-order valence-corrected chi connectivity index (χ0v) is 12.6. The van der Waals surface area contributed by atoms with Crippen molar-refractivity contribution in [3.63, 3.8) is 0 Å². The number of sulfone groups is 1. The second-order valence-corrected chi connectivity index (χ2v) is 9.40. The molecule has 0 spiro atoms. The molecule has 1 N–H and O–H groups in total. The van der Waals surface area contributed by atoms with Crippen molar-refractivity contribution in [3.05, 3.63) is 21.9 Å². The molecule has 1 aliphatic rings. The zero-order chi connectivity index (χ0) is 13.6. The highest BCUT2D eigenvalue weighted by molar-refractivity contribution is 7.91. The first kappa shape index (κ1) is 14.0. The molecule has 2 atom stereocenters. The van der Waals surface area contributed by atoms with Crippen molar-refractivity contribution in [3.8, 4) is 0 Å². The first-order valence-electron chi connectivity index (χ1n) is 6.18. The second kappa shape index (κ2) is 4.62. The summed E-state index contributed by atoms with van der Waals surface area (Å²) >= 11 is 1.59. The normalized spacial score (nSPS) is 25.2. The fourth-order valence-corrected chi connectivity index (χ4v) is 5.20. The lowest BCUT2D eigenvalue weighted by Gasteiger charge is -2.17. The van der Waals surface area contributed by atoms with Crippen LogP contribution in [-0.4, -0.2) is 25.0 Å². The van der Waals surface area contributed by atoms with Gasteiger partial charge in [-0.2, -0.15) is 0 Å². The first-order chi connectivity index (χ1) is 8.19. The van der Waals surface area contributed by atoms with E-state index in [4.69, 9.17) is 0 Å². The lowest BCUT2D eigenvalue weighted by atomic mass is 9.95. The monoisotopic (exact) mass is 288 g/mol. The molecular formula is C13H20O3S2. The molecule has 1 aliphatic heterocycles. The van der Waals surface area contributed by atoms with Gasteiger partial charge in [-0.3, -0.25) is 0 Å². The third-order valence-electron chi connectivity index (χ3n) is 3.37. The Morgan fingerprint density at radius 1 is 1.39 bits per heavy atom. The van der Waals surface area contributed by atoms with E-state index in [1.165, 1.54) is 4.88 Å². The zero-order valence-electron chi connectivity index (χ0n) is 11.0. The maximum Gasteiger partial charge on any atom is 0.150 e. The van der Waals surface area contributed by atoms with Gasteiger partial charge in [-0.25, -0.2) is 8.42 Å². The third-order valence-corrected chi connectivity index (χ3v) is 6.75. The number of aliphatic hydroxyl groups is 1. The van der Waals surface area contributed by atoms with Crippen LogP contribution in [0.2, 0.25) is 0 Å². The molecule has 0 amide bonds. The summed E-state index contributed by atoms with van der Waals surface area (Å²) in [5.74, 6) is 0.199. The van der Waals surface area contributed by atoms with Crippen molar-refractivity contribution in [1.82, 2.24) is 0 Å². The molecule has 1 aromatic rings. The van der Waals surface area contributed by atoms with Crippen molar-refractivity contribution in [2.24, 2.45) is 5.92 Å². The van der Waals surface area contributed by atoms with Crippen LogP contribution in [0.3, 0.4) is 0 Å². The van der Waals surface area contributed by atoms with Gasteiger partial charge in [0, 0.05) is 15.7 Å². The number of hydrogen-bond acceptors (Lipinski definition) is 4. The topological polar surface area (TPSA) is 54.4 Å². The lowest BCUT2D eigenvalue weighted by molar-refractivity contribution is 0.124. The highest BCUT2D eigenvalue weighted by atomic mass is 32.2. The maximum atomic E-state index is 11.4. The minimum atomic E-state index is -2.93. The average molecular weight is 288 g/mol. The van der Waals surface area contributed by atoms with E-state index in [0.717, 1.165) is 4.88 Å². The Labute approximate surface area is 113 Å². The lowest BCUT2D eigenvalue weighted by Crippen LogP contribution is -2.13. The average Bonchev–Trinajstić information content (AvgIpc) is 2.82. The number of aliphatic hydroxyl groups excluding tert-OH is 1. The molecule has 0 bridgehead atoms. The van der Waals surface area contributed by atoms with E-state index in [1.807, 2.05) is 12.1 Å². The van der Waals surface area contributed by atoms with Crippen molar-refractivity contribution in [2.45, 2.75) is 38.7 Å². The highest BCUT2D eigenvalue weighted by Gasteiger charge is 2.34. The van der Waals surface area contributed by atoms with E-state index >= 15 is 0 Å². The first-order valence-corrected chi connectivity index (χ1v) is 8.81. The van der Waals surface area contributed by atoms with Crippen LogP contribution < -0.4 is 0 Å². The van der Waals surface area contributed by atoms with Gasteiger partial charge in [0.2, 0.25) is 0 Å². The van der Waals surface area contributed by atoms with Crippen LogP contribution in [0, 0.1) is 5.92 Å². The van der Waals surface area contributed by atoms with E-state index in [2.05, 4.69) is 20.8 Å². The van der Waals surface area contributed by atoms with Crippen molar-refractivity contribution in [2.75, 3.05) is 11.5 Å². The van der Waals surface area contributed by atoms with Gasteiger partial charge in [-0.15, -0.1) is 11.3 Å². The molecule has 0 saturated carbocycles. The van der Waals surface area contributed by atoms with E-state index in [0.29, 0.717) is 6.42 Å². The van der Waals surface area contributed by atoms with Gasteiger partial charge >= 0.3 is 0 Å². The van der Waals surface area contributed by atoms with Gasteiger partial charge in [-0.05, 0) is 24.0 Å². The van der Waals surface area contributed by atoms with E-state index in [-0.39, 0.29) is 22.8 Å². The standard InChI is InChI=1S/C13H20O3S2/c1-13(2,3)11-5-4-10(17-11)12(14)9-6-7-18(15,16)8-9/h4-5,9,12,14H,6-8H2,1-3H3. The predicted molar refractivity (Wildman–Crippen MR) is 74.7 cm³/mol. The Morgan fingerprint density at radius 2 is 2.06 bits per heavy atom. The fraction of sp³-hybridized carbons (Fsp3) is 0.692. The highest BCUT2D eigenvalue weighted by Crippen LogP contribution is 2.37. The SMILES string of the molecule is CC(C)(C)c1ccc(C(O)C2CCS(=O)(=O)C2)s1. The van der Waals surface area contributed by atoms with E-state index in [1.54, 1.807) is 11.3 Å². The molecule has 1 saturated heterocycles. The van der Waals surface area contributed by atoms with Gasteiger partial charge in [0.05, 0.1) is 17.6 Å². The number of rotatable bonds is 2. The maximum absolute atomic E-state index is 11.4. The molecule has 0 aromatic carbocycles. The van der Waals surface area contributed by atoms with Crippen LogP contribution in [0.25, 0.3) is 0 Å². The smallest absolute Gasteiger partial charge is 0.150 e. The van der Waals surface area contributed by atoms with Crippen molar-refractivity contribution < 1.29 is 13.5 Å². The van der Waals surface area contributed by atoms with Crippen molar-refractivity contribution in [1.29, 1.82) is 0 Å². The van der Waals surface area contributed by atoms with Gasteiger partial charge in [-0.1, -0.05) is 20.8 Å². The van der Waals surface area contributed by atoms with Crippen LogP contribution >= 0.6 is 11.3 Å². The summed E-state index contributed by atoms with van der Waals surface area (Å²) < 4.78 is 22.9. The largest absolute Gasteiger partial charge is 0.387 e. The van der Waals surface area contributed by atoms with Gasteiger partial charge in [0.25, 0.3) is 0 Å². The van der Waals surface area contributed by atoms with Gasteiger partial charge in [0.15, 0.2) is 9.84 Å². The van der Waals surface area contributed by atoms with E-state index < -0.39 is 15.9 Å². The molecule has 0 aliphatic carbocycles. The predicted octanol–water partition coefficient (Wildman–Crippen LogP) is 2.51. The Morgan fingerprint density at radius 3 is 2.50 bits per heavy atom. The minimum Gasteiger partial charge on any atom is -0.387 e. The summed E-state index contributed by atoms with van der Waals surface area (Å²) in [4.78, 5) is 2.11. The Hall–Kier alpha value is -0.390. The molecule has 2 rings (SSSR count). The molecule has 1 fully saturated rings. The molecule has 1 aromatic heterocycles. The summed E-state index contributed by atoms with van der Waals surface area (Å²) in [6.07, 6.45) is -0.0601. The summed E-state index contributed by atoms with van der Waals surface area (Å²) in [5, 5.41) is 10.3. The van der Waals surface area contributed by atoms with Crippen LogP contribution in [0.1, 0.15) is 43.1 Å². The van der Waals surface area contributed by atoms with Crippen LogP contribution in [-0.2, 0) is 15.3 Å². The fourth-order valence-electron chi connectivity index (χ4n) is 2.22. The van der Waals surface area contributed by atoms with Crippen LogP contribution in [0.4, 0.5) is 0 Å². The molecule has 102 valence electrons. The quantitative estimate of drug-likeness (QED) is 0.909. The molecule has 5 heteroatoms.